The summed E-state index contributed by atoms with van der Waals surface area (Å²) in [7, 11) is 0. The maximum Gasteiger partial charge on any atom is 0.137 e. The SMILES string of the molecule is CC(C)=CCC[C@@H](C)CN1CCc2nnc(Cc3ccccc3)n2CC1. The van der Waals surface area contributed by atoms with Gasteiger partial charge in [0.15, 0.2) is 0 Å². The molecule has 3 rings (SSSR count). The summed E-state index contributed by atoms with van der Waals surface area (Å²) in [6.07, 6.45) is 6.70. The molecule has 2 heterocycles. The van der Waals surface area contributed by atoms with Crippen molar-refractivity contribution in [1.82, 2.24) is 19.7 Å². The summed E-state index contributed by atoms with van der Waals surface area (Å²) < 4.78 is 2.35. The molecular formula is C22H32N4. The van der Waals surface area contributed by atoms with Gasteiger partial charge in [-0.2, -0.15) is 0 Å². The Hall–Kier alpha value is -1.94. The summed E-state index contributed by atoms with van der Waals surface area (Å²) in [5.74, 6) is 2.98. The molecule has 26 heavy (non-hydrogen) atoms. The number of allylic oxidation sites excluding steroid dienone is 2. The molecule has 0 saturated carbocycles. The fraction of sp³-hybridized carbons (Fsp3) is 0.545. The molecular weight excluding hydrogens is 320 g/mol. The van der Waals surface area contributed by atoms with Crippen LogP contribution in [0.3, 0.4) is 0 Å². The van der Waals surface area contributed by atoms with Crippen LogP contribution in [0.15, 0.2) is 42.0 Å². The first kappa shape index (κ1) is 18.8. The van der Waals surface area contributed by atoms with Gasteiger partial charge in [-0.25, -0.2) is 0 Å². The van der Waals surface area contributed by atoms with Crippen molar-refractivity contribution >= 4 is 0 Å². The normalized spacial score (nSPS) is 16.0. The molecule has 0 aliphatic carbocycles. The van der Waals surface area contributed by atoms with Crippen molar-refractivity contribution in [3.8, 4) is 0 Å². The molecule has 0 fully saturated rings. The third-order valence-corrected chi connectivity index (χ3v) is 5.18. The van der Waals surface area contributed by atoms with Gasteiger partial charge in [-0.15, -0.1) is 10.2 Å². The van der Waals surface area contributed by atoms with E-state index in [1.54, 1.807) is 0 Å². The van der Waals surface area contributed by atoms with E-state index in [9.17, 15) is 0 Å². The highest BCUT2D eigenvalue weighted by Crippen LogP contribution is 2.16. The average molecular weight is 353 g/mol. The van der Waals surface area contributed by atoms with Gasteiger partial charge in [0.1, 0.15) is 11.6 Å². The van der Waals surface area contributed by atoms with Gasteiger partial charge in [-0.05, 0) is 38.2 Å². The predicted octanol–water partition coefficient (Wildman–Crippen LogP) is 4.11. The van der Waals surface area contributed by atoms with E-state index in [-0.39, 0.29) is 0 Å². The highest BCUT2D eigenvalue weighted by atomic mass is 15.3. The quantitative estimate of drug-likeness (QED) is 0.703. The maximum atomic E-state index is 4.47. The maximum absolute atomic E-state index is 4.47. The van der Waals surface area contributed by atoms with E-state index in [4.69, 9.17) is 0 Å². The Balaban J connectivity index is 1.55. The number of fused-ring (bicyclic) bond motifs is 1. The molecule has 1 aliphatic rings. The highest BCUT2D eigenvalue weighted by molar-refractivity contribution is 5.19. The highest BCUT2D eigenvalue weighted by Gasteiger charge is 2.19. The summed E-state index contributed by atoms with van der Waals surface area (Å²) in [6.45, 7) is 11.1. The van der Waals surface area contributed by atoms with E-state index in [2.05, 4.69) is 76.8 Å². The summed E-state index contributed by atoms with van der Waals surface area (Å²) in [5, 5.41) is 8.94. The largest absolute Gasteiger partial charge is 0.313 e. The van der Waals surface area contributed by atoms with Crippen molar-refractivity contribution in [2.45, 2.75) is 53.0 Å². The van der Waals surface area contributed by atoms with Gasteiger partial charge in [0.05, 0.1) is 0 Å². The monoisotopic (exact) mass is 352 g/mol. The molecule has 1 aromatic carbocycles. The molecule has 140 valence electrons. The smallest absolute Gasteiger partial charge is 0.137 e. The van der Waals surface area contributed by atoms with Crippen molar-refractivity contribution in [2.75, 3.05) is 19.6 Å². The molecule has 0 bridgehead atoms. The van der Waals surface area contributed by atoms with Crippen LogP contribution in [0.4, 0.5) is 0 Å². The lowest BCUT2D eigenvalue weighted by atomic mass is 10.0. The molecule has 0 amide bonds. The second-order valence-electron chi connectivity index (χ2n) is 7.86. The van der Waals surface area contributed by atoms with Gasteiger partial charge >= 0.3 is 0 Å². The molecule has 0 spiro atoms. The molecule has 1 aromatic heterocycles. The molecule has 0 unspecified atom stereocenters. The minimum Gasteiger partial charge on any atom is -0.313 e. The van der Waals surface area contributed by atoms with Gasteiger partial charge in [-0.1, -0.05) is 48.9 Å². The number of rotatable bonds is 7. The van der Waals surface area contributed by atoms with Crippen LogP contribution in [0.5, 0.6) is 0 Å². The first-order chi connectivity index (χ1) is 12.6. The van der Waals surface area contributed by atoms with Gasteiger partial charge in [-0.3, -0.25) is 0 Å². The second-order valence-corrected chi connectivity index (χ2v) is 7.86. The summed E-state index contributed by atoms with van der Waals surface area (Å²) in [5.41, 5.74) is 2.73. The molecule has 0 N–H and O–H groups in total. The Morgan fingerprint density at radius 1 is 1.12 bits per heavy atom. The number of aromatic nitrogens is 3. The van der Waals surface area contributed by atoms with E-state index < -0.39 is 0 Å². The second kappa shape index (κ2) is 9.13. The summed E-state index contributed by atoms with van der Waals surface area (Å²) in [6, 6.07) is 10.6. The van der Waals surface area contributed by atoms with Crippen LogP contribution in [0.1, 0.15) is 50.8 Å². The van der Waals surface area contributed by atoms with Gasteiger partial charge in [0.25, 0.3) is 0 Å². The van der Waals surface area contributed by atoms with Crippen LogP contribution in [0, 0.1) is 5.92 Å². The van der Waals surface area contributed by atoms with Crippen LogP contribution in [-0.2, 0) is 19.4 Å². The third kappa shape index (κ3) is 5.28. The summed E-state index contributed by atoms with van der Waals surface area (Å²) >= 11 is 0. The topological polar surface area (TPSA) is 34.0 Å². The van der Waals surface area contributed by atoms with E-state index in [1.807, 2.05) is 0 Å². The van der Waals surface area contributed by atoms with E-state index in [1.165, 1.54) is 30.5 Å². The Labute approximate surface area is 157 Å². The molecule has 1 atom stereocenters. The van der Waals surface area contributed by atoms with Crippen molar-refractivity contribution in [3.63, 3.8) is 0 Å². The van der Waals surface area contributed by atoms with Crippen LogP contribution in [-0.4, -0.2) is 39.3 Å². The van der Waals surface area contributed by atoms with E-state index in [0.29, 0.717) is 0 Å². The van der Waals surface area contributed by atoms with E-state index in [0.717, 1.165) is 50.0 Å². The molecule has 4 nitrogen and oxygen atoms in total. The van der Waals surface area contributed by atoms with Gasteiger partial charge < -0.3 is 9.47 Å². The van der Waals surface area contributed by atoms with E-state index >= 15 is 0 Å². The Morgan fingerprint density at radius 3 is 2.69 bits per heavy atom. The standard InChI is InChI=1S/C22H32N4/c1-18(2)8-7-9-19(3)17-25-13-12-21-23-24-22(26(21)15-14-25)16-20-10-5-4-6-11-20/h4-6,8,10-11,19H,7,9,12-17H2,1-3H3/t19-/m1/s1. The Morgan fingerprint density at radius 2 is 1.92 bits per heavy atom. The van der Waals surface area contributed by atoms with Crippen LogP contribution >= 0.6 is 0 Å². The zero-order valence-corrected chi connectivity index (χ0v) is 16.5. The van der Waals surface area contributed by atoms with Crippen LogP contribution < -0.4 is 0 Å². The van der Waals surface area contributed by atoms with Crippen molar-refractivity contribution in [3.05, 3.63) is 59.2 Å². The predicted molar refractivity (Wildman–Crippen MR) is 107 cm³/mol. The molecule has 0 saturated heterocycles. The Kier molecular flexibility index (Phi) is 6.62. The molecule has 0 radical (unpaired) electrons. The first-order valence-electron chi connectivity index (χ1n) is 9.92. The van der Waals surface area contributed by atoms with Crippen LogP contribution in [0.2, 0.25) is 0 Å². The lowest BCUT2D eigenvalue weighted by Crippen LogP contribution is -2.31. The molecule has 1 aliphatic heterocycles. The zero-order chi connectivity index (χ0) is 18.4. The fourth-order valence-corrected chi connectivity index (χ4v) is 3.71. The van der Waals surface area contributed by atoms with Gasteiger partial charge in [0.2, 0.25) is 0 Å². The zero-order valence-electron chi connectivity index (χ0n) is 16.5. The third-order valence-electron chi connectivity index (χ3n) is 5.18. The Bertz CT molecular complexity index is 713. The molecule has 2 aromatic rings. The van der Waals surface area contributed by atoms with Crippen molar-refractivity contribution in [1.29, 1.82) is 0 Å². The number of nitrogens with zero attached hydrogens (tertiary/aromatic N) is 4. The minimum absolute atomic E-state index is 0.734. The fourth-order valence-electron chi connectivity index (χ4n) is 3.71. The van der Waals surface area contributed by atoms with Crippen LogP contribution in [0.25, 0.3) is 0 Å². The minimum atomic E-state index is 0.734. The average Bonchev–Trinajstić information content (AvgIpc) is 2.87. The first-order valence-corrected chi connectivity index (χ1v) is 9.92. The number of benzene rings is 1. The molecule has 4 heteroatoms. The van der Waals surface area contributed by atoms with Gasteiger partial charge in [0, 0.05) is 39.0 Å². The number of hydrogen-bond acceptors (Lipinski definition) is 3. The number of hydrogen-bond donors (Lipinski definition) is 0. The van der Waals surface area contributed by atoms with Crippen molar-refractivity contribution in [2.24, 2.45) is 5.92 Å². The lowest BCUT2D eigenvalue weighted by molar-refractivity contribution is 0.236. The lowest BCUT2D eigenvalue weighted by Gasteiger charge is -2.23. The van der Waals surface area contributed by atoms with Crippen molar-refractivity contribution < 1.29 is 0 Å². The summed E-state index contributed by atoms with van der Waals surface area (Å²) in [4.78, 5) is 2.61.